The minimum Gasteiger partial charge on any atom is -0.369 e. The van der Waals surface area contributed by atoms with Crippen molar-refractivity contribution in [3.63, 3.8) is 0 Å². The maximum Gasteiger partial charge on any atom is 0.275 e. The lowest BCUT2D eigenvalue weighted by Crippen LogP contribution is -2.15. The summed E-state index contributed by atoms with van der Waals surface area (Å²) >= 11 is 5.99. The molecule has 6 heteroatoms. The second-order valence-electron chi connectivity index (χ2n) is 4.15. The van der Waals surface area contributed by atoms with Crippen LogP contribution in [0.2, 0.25) is 5.02 Å². The number of nitrogens with one attached hydrogen (secondary N) is 2. The van der Waals surface area contributed by atoms with Gasteiger partial charge in [0, 0.05) is 6.54 Å². The molecule has 2 aromatic rings. The van der Waals surface area contributed by atoms with Crippen LogP contribution in [0.5, 0.6) is 0 Å². The fourth-order valence-electron chi connectivity index (χ4n) is 1.56. The van der Waals surface area contributed by atoms with E-state index in [0.29, 0.717) is 16.5 Å². The molecule has 0 aliphatic rings. The molecule has 2 N–H and O–H groups in total. The number of anilines is 2. The Morgan fingerprint density at radius 3 is 2.85 bits per heavy atom. The zero-order valence-electron chi connectivity index (χ0n) is 11.1. The lowest BCUT2D eigenvalue weighted by atomic mass is 10.3. The Morgan fingerprint density at radius 1 is 1.30 bits per heavy atom. The Kier molecular flexibility index (Phi) is 4.90. The molecular weight excluding hydrogens is 276 g/mol. The quantitative estimate of drug-likeness (QED) is 0.887. The number of para-hydroxylation sites is 1. The SMILES string of the molecule is CCCNc1cncc(C(=O)Nc2ccccc2Cl)n1. The summed E-state index contributed by atoms with van der Waals surface area (Å²) in [6.45, 7) is 2.83. The van der Waals surface area contributed by atoms with Gasteiger partial charge in [0.25, 0.3) is 5.91 Å². The van der Waals surface area contributed by atoms with Gasteiger partial charge in [-0.15, -0.1) is 0 Å². The first-order valence-corrected chi connectivity index (χ1v) is 6.70. The van der Waals surface area contributed by atoms with Crippen molar-refractivity contribution in [1.29, 1.82) is 0 Å². The van der Waals surface area contributed by atoms with E-state index in [0.717, 1.165) is 13.0 Å². The van der Waals surface area contributed by atoms with Gasteiger partial charge >= 0.3 is 0 Å². The monoisotopic (exact) mass is 290 g/mol. The molecule has 0 saturated carbocycles. The van der Waals surface area contributed by atoms with Gasteiger partial charge in [-0.3, -0.25) is 9.78 Å². The Balaban J connectivity index is 2.11. The van der Waals surface area contributed by atoms with Gasteiger partial charge in [-0.05, 0) is 18.6 Å². The summed E-state index contributed by atoms with van der Waals surface area (Å²) in [5.41, 5.74) is 0.791. The number of amides is 1. The van der Waals surface area contributed by atoms with E-state index < -0.39 is 0 Å². The van der Waals surface area contributed by atoms with Crippen LogP contribution < -0.4 is 10.6 Å². The van der Waals surface area contributed by atoms with E-state index >= 15 is 0 Å². The van der Waals surface area contributed by atoms with Crippen LogP contribution in [0, 0.1) is 0 Å². The molecule has 1 aromatic carbocycles. The number of hydrogen-bond acceptors (Lipinski definition) is 4. The van der Waals surface area contributed by atoms with E-state index in [-0.39, 0.29) is 11.6 Å². The number of hydrogen-bond donors (Lipinski definition) is 2. The molecule has 0 atom stereocenters. The molecule has 1 aromatic heterocycles. The molecule has 0 aliphatic carbocycles. The average molecular weight is 291 g/mol. The molecule has 0 radical (unpaired) electrons. The van der Waals surface area contributed by atoms with Crippen LogP contribution in [0.1, 0.15) is 23.8 Å². The molecule has 0 spiro atoms. The molecule has 0 saturated heterocycles. The van der Waals surface area contributed by atoms with Crippen LogP contribution in [-0.2, 0) is 0 Å². The lowest BCUT2D eigenvalue weighted by Gasteiger charge is -2.08. The second kappa shape index (κ2) is 6.86. The first-order chi connectivity index (χ1) is 9.70. The van der Waals surface area contributed by atoms with Crippen LogP contribution in [0.3, 0.4) is 0 Å². The van der Waals surface area contributed by atoms with Crippen molar-refractivity contribution in [3.8, 4) is 0 Å². The average Bonchev–Trinajstić information content (AvgIpc) is 2.48. The van der Waals surface area contributed by atoms with Gasteiger partial charge in [0.05, 0.1) is 23.1 Å². The molecule has 0 fully saturated rings. The van der Waals surface area contributed by atoms with E-state index in [9.17, 15) is 4.79 Å². The standard InChI is InChI=1S/C14H15ClN4O/c1-2-7-17-13-9-16-8-12(18-13)14(20)19-11-6-4-3-5-10(11)15/h3-6,8-9H,2,7H2,1H3,(H,17,18)(H,19,20). The molecule has 104 valence electrons. The highest BCUT2D eigenvalue weighted by Crippen LogP contribution is 2.20. The Labute approximate surface area is 122 Å². The molecule has 1 amide bonds. The van der Waals surface area contributed by atoms with Crippen molar-refractivity contribution in [3.05, 3.63) is 47.4 Å². The predicted molar refractivity (Wildman–Crippen MR) is 80.2 cm³/mol. The third-order valence-corrected chi connectivity index (χ3v) is 2.87. The predicted octanol–water partition coefficient (Wildman–Crippen LogP) is 3.20. The van der Waals surface area contributed by atoms with Crippen molar-refractivity contribution in [1.82, 2.24) is 9.97 Å². The highest BCUT2D eigenvalue weighted by atomic mass is 35.5. The van der Waals surface area contributed by atoms with Gasteiger partial charge in [-0.2, -0.15) is 0 Å². The number of rotatable bonds is 5. The third kappa shape index (κ3) is 3.68. The van der Waals surface area contributed by atoms with Crippen molar-refractivity contribution in [2.75, 3.05) is 17.2 Å². The minimum atomic E-state index is -0.342. The fourth-order valence-corrected chi connectivity index (χ4v) is 1.75. The first-order valence-electron chi connectivity index (χ1n) is 6.32. The molecule has 0 bridgehead atoms. The van der Waals surface area contributed by atoms with Crippen LogP contribution in [-0.4, -0.2) is 22.4 Å². The van der Waals surface area contributed by atoms with E-state index in [1.54, 1.807) is 30.5 Å². The maximum atomic E-state index is 12.1. The molecule has 5 nitrogen and oxygen atoms in total. The highest BCUT2D eigenvalue weighted by Gasteiger charge is 2.10. The Bertz CT molecular complexity index is 603. The smallest absolute Gasteiger partial charge is 0.275 e. The van der Waals surface area contributed by atoms with Crippen molar-refractivity contribution < 1.29 is 4.79 Å². The number of carbonyl (C=O) groups excluding carboxylic acids is 1. The van der Waals surface area contributed by atoms with Gasteiger partial charge in [-0.1, -0.05) is 30.7 Å². The largest absolute Gasteiger partial charge is 0.369 e. The summed E-state index contributed by atoms with van der Waals surface area (Å²) < 4.78 is 0. The number of benzene rings is 1. The van der Waals surface area contributed by atoms with Crippen molar-refractivity contribution in [2.24, 2.45) is 0 Å². The molecule has 1 heterocycles. The summed E-state index contributed by atoms with van der Waals surface area (Å²) in [5.74, 6) is 0.240. The number of halogens is 1. The minimum absolute atomic E-state index is 0.242. The van der Waals surface area contributed by atoms with Crippen LogP contribution in [0.4, 0.5) is 11.5 Å². The summed E-state index contributed by atoms with van der Waals surface area (Å²) in [6, 6.07) is 7.04. The summed E-state index contributed by atoms with van der Waals surface area (Å²) in [5, 5.41) is 6.27. The van der Waals surface area contributed by atoms with E-state index in [4.69, 9.17) is 11.6 Å². The van der Waals surface area contributed by atoms with Gasteiger partial charge < -0.3 is 10.6 Å². The number of nitrogens with zero attached hydrogens (tertiary/aromatic N) is 2. The molecule has 20 heavy (non-hydrogen) atoms. The number of aromatic nitrogens is 2. The van der Waals surface area contributed by atoms with Gasteiger partial charge in [-0.25, -0.2) is 4.98 Å². The van der Waals surface area contributed by atoms with Crippen LogP contribution in [0.15, 0.2) is 36.7 Å². The Morgan fingerprint density at radius 2 is 2.10 bits per heavy atom. The highest BCUT2D eigenvalue weighted by molar-refractivity contribution is 6.33. The zero-order valence-corrected chi connectivity index (χ0v) is 11.8. The van der Waals surface area contributed by atoms with Crippen molar-refractivity contribution in [2.45, 2.75) is 13.3 Å². The first kappa shape index (κ1) is 14.3. The topological polar surface area (TPSA) is 66.9 Å². The van der Waals surface area contributed by atoms with E-state index in [2.05, 4.69) is 20.6 Å². The molecular formula is C14H15ClN4O. The Hall–Kier alpha value is -2.14. The van der Waals surface area contributed by atoms with Crippen LogP contribution >= 0.6 is 11.6 Å². The third-order valence-electron chi connectivity index (χ3n) is 2.55. The summed E-state index contributed by atoms with van der Waals surface area (Å²) in [4.78, 5) is 20.3. The van der Waals surface area contributed by atoms with Gasteiger partial charge in [0.2, 0.25) is 0 Å². The van der Waals surface area contributed by atoms with E-state index in [1.807, 2.05) is 6.92 Å². The lowest BCUT2D eigenvalue weighted by molar-refractivity contribution is 0.102. The van der Waals surface area contributed by atoms with Gasteiger partial charge in [0.1, 0.15) is 11.5 Å². The maximum absolute atomic E-state index is 12.1. The summed E-state index contributed by atoms with van der Waals surface area (Å²) in [6.07, 6.45) is 3.98. The molecule has 0 aliphatic heterocycles. The molecule has 0 unspecified atom stereocenters. The molecule has 2 rings (SSSR count). The second-order valence-corrected chi connectivity index (χ2v) is 4.56. The zero-order chi connectivity index (χ0) is 14.4. The normalized spacial score (nSPS) is 10.1. The van der Waals surface area contributed by atoms with Crippen molar-refractivity contribution >= 4 is 29.0 Å². The van der Waals surface area contributed by atoms with E-state index in [1.165, 1.54) is 6.20 Å². The number of carbonyl (C=O) groups is 1. The summed E-state index contributed by atoms with van der Waals surface area (Å²) in [7, 11) is 0. The van der Waals surface area contributed by atoms with Crippen LogP contribution in [0.25, 0.3) is 0 Å². The fraction of sp³-hybridized carbons (Fsp3) is 0.214. The van der Waals surface area contributed by atoms with Gasteiger partial charge in [0.15, 0.2) is 0 Å².